The second-order valence-corrected chi connectivity index (χ2v) is 6.58. The predicted octanol–water partition coefficient (Wildman–Crippen LogP) is 3.13. The van der Waals surface area contributed by atoms with Crippen LogP contribution in [0.2, 0.25) is 0 Å². The van der Waals surface area contributed by atoms with Crippen molar-refractivity contribution in [2.24, 2.45) is 0 Å². The first-order valence-corrected chi connectivity index (χ1v) is 7.25. The molecule has 6 heteroatoms. The van der Waals surface area contributed by atoms with E-state index in [1.807, 2.05) is 6.07 Å². The van der Waals surface area contributed by atoms with Crippen molar-refractivity contribution in [1.82, 2.24) is 9.97 Å². The van der Waals surface area contributed by atoms with Crippen molar-refractivity contribution < 1.29 is 9.47 Å². The zero-order valence-corrected chi connectivity index (χ0v) is 14.4. The zero-order valence-electron chi connectivity index (χ0n) is 12.2. The molecule has 1 aromatic carbocycles. The fourth-order valence-electron chi connectivity index (χ4n) is 1.89. The molecule has 108 valence electrons. The van der Waals surface area contributed by atoms with Gasteiger partial charge in [-0.1, -0.05) is 20.8 Å². The number of hydrogen-bond acceptors (Lipinski definition) is 5. The SMILES string of the molecule is COc1cc2c(N)nc(C(C)(C)C)nc2c(I)c1OC. The van der Waals surface area contributed by atoms with Crippen LogP contribution in [0.1, 0.15) is 26.6 Å². The number of ether oxygens (including phenoxy) is 2. The van der Waals surface area contributed by atoms with E-state index in [1.54, 1.807) is 14.2 Å². The van der Waals surface area contributed by atoms with Gasteiger partial charge in [0.2, 0.25) is 0 Å². The number of halogens is 1. The third-order valence-corrected chi connectivity index (χ3v) is 3.98. The summed E-state index contributed by atoms with van der Waals surface area (Å²) in [6.45, 7) is 6.17. The van der Waals surface area contributed by atoms with E-state index in [0.29, 0.717) is 23.1 Å². The normalized spacial score (nSPS) is 11.7. The summed E-state index contributed by atoms with van der Waals surface area (Å²) in [5, 5.41) is 0.778. The number of fused-ring (bicyclic) bond motifs is 1. The fraction of sp³-hybridized carbons (Fsp3) is 0.429. The maximum absolute atomic E-state index is 6.09. The van der Waals surface area contributed by atoms with Crippen molar-refractivity contribution in [2.75, 3.05) is 20.0 Å². The standard InChI is InChI=1S/C14H18IN3O2/c1-14(2,3)13-17-10-7(12(16)18-13)6-8(19-4)11(20-5)9(10)15/h6H,1-5H3,(H2,16,17,18). The van der Waals surface area contributed by atoms with Gasteiger partial charge in [0, 0.05) is 10.8 Å². The van der Waals surface area contributed by atoms with Gasteiger partial charge in [-0.2, -0.15) is 0 Å². The average molecular weight is 387 g/mol. The van der Waals surface area contributed by atoms with Crippen molar-refractivity contribution in [3.05, 3.63) is 15.5 Å². The summed E-state index contributed by atoms with van der Waals surface area (Å²) >= 11 is 2.20. The Morgan fingerprint density at radius 3 is 2.30 bits per heavy atom. The van der Waals surface area contributed by atoms with Gasteiger partial charge in [-0.05, 0) is 28.7 Å². The van der Waals surface area contributed by atoms with Gasteiger partial charge in [-0.15, -0.1) is 0 Å². The molecule has 0 radical (unpaired) electrons. The molecular weight excluding hydrogens is 369 g/mol. The Balaban J connectivity index is 2.86. The lowest BCUT2D eigenvalue weighted by atomic mass is 9.95. The van der Waals surface area contributed by atoms with E-state index < -0.39 is 0 Å². The average Bonchev–Trinajstić information content (AvgIpc) is 2.37. The molecular formula is C14H18IN3O2. The van der Waals surface area contributed by atoms with Crippen molar-refractivity contribution in [1.29, 1.82) is 0 Å². The number of nitrogens with two attached hydrogens (primary N) is 1. The highest BCUT2D eigenvalue weighted by Gasteiger charge is 2.22. The van der Waals surface area contributed by atoms with Crippen LogP contribution >= 0.6 is 22.6 Å². The third-order valence-electron chi connectivity index (χ3n) is 2.98. The highest BCUT2D eigenvalue weighted by molar-refractivity contribution is 14.1. The molecule has 0 unspecified atom stereocenters. The molecule has 0 aliphatic carbocycles. The summed E-state index contributed by atoms with van der Waals surface area (Å²) in [6.07, 6.45) is 0. The molecule has 0 atom stereocenters. The number of rotatable bonds is 2. The Kier molecular flexibility index (Phi) is 3.95. The van der Waals surface area contributed by atoms with Crippen molar-refractivity contribution in [2.45, 2.75) is 26.2 Å². The highest BCUT2D eigenvalue weighted by atomic mass is 127. The summed E-state index contributed by atoms with van der Waals surface area (Å²) in [6, 6.07) is 1.82. The van der Waals surface area contributed by atoms with E-state index >= 15 is 0 Å². The van der Waals surface area contributed by atoms with Gasteiger partial charge in [0.1, 0.15) is 11.6 Å². The minimum absolute atomic E-state index is 0.168. The summed E-state index contributed by atoms with van der Waals surface area (Å²) in [5.74, 6) is 2.47. The largest absolute Gasteiger partial charge is 0.493 e. The van der Waals surface area contributed by atoms with E-state index in [9.17, 15) is 0 Å². The van der Waals surface area contributed by atoms with E-state index in [-0.39, 0.29) is 5.41 Å². The van der Waals surface area contributed by atoms with Crippen LogP contribution in [0.15, 0.2) is 6.07 Å². The minimum atomic E-state index is -0.168. The van der Waals surface area contributed by atoms with Gasteiger partial charge in [0.05, 0.1) is 23.3 Å². The number of nitrogens with zero attached hydrogens (tertiary/aromatic N) is 2. The van der Waals surface area contributed by atoms with Crippen LogP contribution in [0.3, 0.4) is 0 Å². The van der Waals surface area contributed by atoms with Crippen LogP contribution in [-0.4, -0.2) is 24.2 Å². The monoisotopic (exact) mass is 387 g/mol. The molecule has 0 bridgehead atoms. The molecule has 0 fully saturated rings. The van der Waals surface area contributed by atoms with Crippen molar-refractivity contribution in [3.8, 4) is 11.5 Å². The van der Waals surface area contributed by atoms with Gasteiger partial charge in [0.25, 0.3) is 0 Å². The molecule has 0 amide bonds. The fourth-order valence-corrected chi connectivity index (χ4v) is 2.78. The molecule has 0 spiro atoms. The third kappa shape index (κ3) is 2.48. The number of nitrogen functional groups attached to an aromatic ring is 1. The van der Waals surface area contributed by atoms with Gasteiger partial charge in [0.15, 0.2) is 11.5 Å². The Hall–Kier alpha value is -1.31. The highest BCUT2D eigenvalue weighted by Crippen LogP contribution is 2.39. The lowest BCUT2D eigenvalue weighted by molar-refractivity contribution is 0.354. The number of benzene rings is 1. The van der Waals surface area contributed by atoms with Gasteiger partial charge >= 0.3 is 0 Å². The van der Waals surface area contributed by atoms with E-state index in [0.717, 1.165) is 14.5 Å². The quantitative estimate of drug-likeness (QED) is 0.802. The zero-order chi connectivity index (χ0) is 15.1. The van der Waals surface area contributed by atoms with E-state index in [1.165, 1.54) is 0 Å². The van der Waals surface area contributed by atoms with Gasteiger partial charge in [-0.25, -0.2) is 9.97 Å². The van der Waals surface area contributed by atoms with Gasteiger partial charge < -0.3 is 15.2 Å². The van der Waals surface area contributed by atoms with Crippen molar-refractivity contribution >= 4 is 39.3 Å². The maximum atomic E-state index is 6.09. The first kappa shape index (κ1) is 15.1. The molecule has 1 aromatic heterocycles. The number of aromatic nitrogens is 2. The molecule has 0 saturated carbocycles. The molecule has 0 aliphatic heterocycles. The maximum Gasteiger partial charge on any atom is 0.176 e. The second kappa shape index (κ2) is 5.23. The molecule has 2 aromatic rings. The first-order chi connectivity index (χ1) is 9.29. The Morgan fingerprint density at radius 2 is 1.80 bits per heavy atom. The minimum Gasteiger partial charge on any atom is -0.493 e. The molecule has 2 rings (SSSR count). The summed E-state index contributed by atoms with van der Waals surface area (Å²) in [7, 11) is 3.21. The topological polar surface area (TPSA) is 70.3 Å². The summed E-state index contributed by atoms with van der Waals surface area (Å²) in [5.41, 5.74) is 6.71. The molecule has 0 aliphatic rings. The predicted molar refractivity (Wildman–Crippen MR) is 88.5 cm³/mol. The smallest absolute Gasteiger partial charge is 0.176 e. The Morgan fingerprint density at radius 1 is 1.15 bits per heavy atom. The number of anilines is 1. The lowest BCUT2D eigenvalue weighted by Crippen LogP contribution is -2.17. The first-order valence-electron chi connectivity index (χ1n) is 6.17. The van der Waals surface area contributed by atoms with Crippen molar-refractivity contribution in [3.63, 3.8) is 0 Å². The number of hydrogen-bond donors (Lipinski definition) is 1. The molecule has 1 heterocycles. The summed E-state index contributed by atoms with van der Waals surface area (Å²) in [4.78, 5) is 9.07. The van der Waals surface area contributed by atoms with Crippen LogP contribution in [0, 0.1) is 3.57 Å². The van der Waals surface area contributed by atoms with Gasteiger partial charge in [-0.3, -0.25) is 0 Å². The number of methoxy groups -OCH3 is 2. The molecule has 2 N–H and O–H groups in total. The Labute approximate surface area is 132 Å². The van der Waals surface area contributed by atoms with E-state index in [4.69, 9.17) is 15.2 Å². The van der Waals surface area contributed by atoms with Crippen LogP contribution in [0.4, 0.5) is 5.82 Å². The molecule has 5 nitrogen and oxygen atoms in total. The molecule has 0 saturated heterocycles. The van der Waals surface area contributed by atoms with Crippen LogP contribution in [-0.2, 0) is 5.41 Å². The van der Waals surface area contributed by atoms with E-state index in [2.05, 4.69) is 53.3 Å². The summed E-state index contributed by atoms with van der Waals surface area (Å²) < 4.78 is 11.6. The van der Waals surface area contributed by atoms with Crippen LogP contribution < -0.4 is 15.2 Å². The van der Waals surface area contributed by atoms with Crippen LogP contribution in [0.5, 0.6) is 11.5 Å². The molecule has 20 heavy (non-hydrogen) atoms. The Bertz CT molecular complexity index is 666. The lowest BCUT2D eigenvalue weighted by Gasteiger charge is -2.19. The second-order valence-electron chi connectivity index (χ2n) is 5.50. The van der Waals surface area contributed by atoms with Crippen LogP contribution in [0.25, 0.3) is 10.9 Å².